The molecule has 1 N–H and O–H groups in total. The van der Waals surface area contributed by atoms with Crippen molar-refractivity contribution in [3.63, 3.8) is 0 Å². The van der Waals surface area contributed by atoms with Crippen molar-refractivity contribution in [1.29, 1.82) is 0 Å². The van der Waals surface area contributed by atoms with Crippen molar-refractivity contribution < 1.29 is 4.79 Å². The van der Waals surface area contributed by atoms with Crippen molar-refractivity contribution in [2.75, 3.05) is 25.0 Å². The fraction of sp³-hybridized carbons (Fsp3) is 0.462. The Kier molecular flexibility index (Phi) is 4.05. The van der Waals surface area contributed by atoms with Gasteiger partial charge in [-0.2, -0.15) is 0 Å². The lowest BCUT2D eigenvalue weighted by molar-refractivity contribution is -0.128. The third kappa shape index (κ3) is 3.22. The third-order valence-corrected chi connectivity index (χ3v) is 3.67. The van der Waals surface area contributed by atoms with Crippen LogP contribution in [0.15, 0.2) is 22.7 Å². The minimum atomic E-state index is 0.190. The molecular formula is C13H17BrN2O. The lowest BCUT2D eigenvalue weighted by Crippen LogP contribution is -2.33. The van der Waals surface area contributed by atoms with Crippen LogP contribution in [0.3, 0.4) is 0 Å². The minimum absolute atomic E-state index is 0.190. The van der Waals surface area contributed by atoms with Crippen molar-refractivity contribution in [2.24, 2.45) is 0 Å². The molecule has 1 aliphatic heterocycles. The van der Waals surface area contributed by atoms with Gasteiger partial charge in [0.05, 0.1) is 6.54 Å². The highest BCUT2D eigenvalue weighted by Gasteiger charge is 2.17. The fourth-order valence-electron chi connectivity index (χ4n) is 2.01. The number of hydrogen-bond acceptors (Lipinski definition) is 2. The van der Waals surface area contributed by atoms with Crippen molar-refractivity contribution in [2.45, 2.75) is 19.8 Å². The number of anilines is 1. The number of nitrogens with one attached hydrogen (secondary N) is 1. The maximum atomic E-state index is 11.8. The van der Waals surface area contributed by atoms with Gasteiger partial charge in [-0.1, -0.05) is 6.07 Å². The second-order valence-electron chi connectivity index (χ2n) is 4.42. The van der Waals surface area contributed by atoms with E-state index in [9.17, 15) is 4.79 Å². The Morgan fingerprint density at radius 2 is 2.12 bits per heavy atom. The molecule has 0 aromatic heterocycles. The molecule has 1 fully saturated rings. The third-order valence-electron chi connectivity index (χ3n) is 3.01. The summed E-state index contributed by atoms with van der Waals surface area (Å²) in [6.07, 6.45) is 2.28. The topological polar surface area (TPSA) is 32.3 Å². The number of carbonyl (C=O) groups excluding carboxylic acids is 1. The van der Waals surface area contributed by atoms with E-state index in [0.29, 0.717) is 6.54 Å². The normalized spacial score (nSPS) is 15.1. The van der Waals surface area contributed by atoms with E-state index in [4.69, 9.17) is 0 Å². The molecule has 92 valence electrons. The summed E-state index contributed by atoms with van der Waals surface area (Å²) in [7, 11) is 0. The van der Waals surface area contributed by atoms with Crippen LogP contribution in [0.25, 0.3) is 0 Å². The molecule has 0 aliphatic carbocycles. The minimum Gasteiger partial charge on any atom is -0.375 e. The lowest BCUT2D eigenvalue weighted by atomic mass is 10.2. The molecule has 0 spiro atoms. The van der Waals surface area contributed by atoms with Crippen LogP contribution in [0.1, 0.15) is 18.4 Å². The Bertz CT molecular complexity index is 414. The zero-order valence-electron chi connectivity index (χ0n) is 10.0. The number of amides is 1. The summed E-state index contributed by atoms with van der Waals surface area (Å²) in [5, 5.41) is 3.18. The highest BCUT2D eigenvalue weighted by Crippen LogP contribution is 2.23. The Balaban J connectivity index is 1.90. The molecule has 4 heteroatoms. The van der Waals surface area contributed by atoms with Gasteiger partial charge in [-0.25, -0.2) is 0 Å². The van der Waals surface area contributed by atoms with Gasteiger partial charge in [-0.3, -0.25) is 4.79 Å². The molecule has 0 saturated carbocycles. The molecule has 1 aromatic carbocycles. The van der Waals surface area contributed by atoms with E-state index in [-0.39, 0.29) is 5.91 Å². The lowest BCUT2D eigenvalue weighted by Gasteiger charge is -2.16. The van der Waals surface area contributed by atoms with E-state index in [2.05, 4.69) is 21.2 Å². The van der Waals surface area contributed by atoms with Gasteiger partial charge in [0, 0.05) is 23.2 Å². The number of hydrogen-bond donors (Lipinski definition) is 1. The van der Waals surface area contributed by atoms with E-state index in [1.165, 1.54) is 5.56 Å². The molecule has 0 unspecified atom stereocenters. The highest BCUT2D eigenvalue weighted by atomic mass is 79.9. The molecule has 1 aliphatic rings. The van der Waals surface area contributed by atoms with Crippen LogP contribution in [0, 0.1) is 6.92 Å². The predicted molar refractivity (Wildman–Crippen MR) is 73.2 cm³/mol. The Labute approximate surface area is 110 Å². The summed E-state index contributed by atoms with van der Waals surface area (Å²) < 4.78 is 1.01. The van der Waals surface area contributed by atoms with E-state index in [1.54, 1.807) is 0 Å². The monoisotopic (exact) mass is 296 g/mol. The van der Waals surface area contributed by atoms with Gasteiger partial charge in [0.1, 0.15) is 0 Å². The molecule has 0 bridgehead atoms. The number of rotatable bonds is 3. The van der Waals surface area contributed by atoms with E-state index < -0.39 is 0 Å². The molecule has 17 heavy (non-hydrogen) atoms. The van der Waals surface area contributed by atoms with Gasteiger partial charge in [0.2, 0.25) is 5.91 Å². The van der Waals surface area contributed by atoms with E-state index in [1.807, 2.05) is 30.0 Å². The Hall–Kier alpha value is -1.03. The van der Waals surface area contributed by atoms with Crippen LogP contribution in [0.4, 0.5) is 5.69 Å². The first-order chi connectivity index (χ1) is 8.16. The number of benzene rings is 1. The van der Waals surface area contributed by atoms with E-state index in [0.717, 1.165) is 36.1 Å². The van der Waals surface area contributed by atoms with E-state index >= 15 is 0 Å². The number of aryl methyl sites for hydroxylation is 1. The van der Waals surface area contributed by atoms with Crippen LogP contribution in [0.2, 0.25) is 0 Å². The summed E-state index contributed by atoms with van der Waals surface area (Å²) in [6, 6.07) is 6.08. The zero-order chi connectivity index (χ0) is 12.3. The standard InChI is InChI=1S/C13H17BrN2O/c1-10-4-5-12(11(14)8-10)15-9-13(17)16-6-2-3-7-16/h4-5,8,15H,2-3,6-7,9H2,1H3. The van der Waals surface area contributed by atoms with Crippen molar-refractivity contribution in [3.8, 4) is 0 Å². The fourth-order valence-corrected chi connectivity index (χ4v) is 2.65. The van der Waals surface area contributed by atoms with Gasteiger partial charge in [-0.15, -0.1) is 0 Å². The molecule has 1 aromatic rings. The summed E-state index contributed by atoms with van der Waals surface area (Å²) in [6.45, 7) is 4.25. The zero-order valence-corrected chi connectivity index (χ0v) is 11.6. The quantitative estimate of drug-likeness (QED) is 0.930. The van der Waals surface area contributed by atoms with Crippen LogP contribution in [-0.4, -0.2) is 30.4 Å². The number of halogens is 1. The highest BCUT2D eigenvalue weighted by molar-refractivity contribution is 9.10. The Morgan fingerprint density at radius 1 is 1.41 bits per heavy atom. The largest absolute Gasteiger partial charge is 0.375 e. The number of nitrogens with zero attached hydrogens (tertiary/aromatic N) is 1. The van der Waals surface area contributed by atoms with Crippen LogP contribution in [0.5, 0.6) is 0 Å². The van der Waals surface area contributed by atoms with Gasteiger partial charge >= 0.3 is 0 Å². The van der Waals surface area contributed by atoms with Crippen molar-refractivity contribution in [1.82, 2.24) is 4.90 Å². The average molecular weight is 297 g/mol. The van der Waals surface area contributed by atoms with Gasteiger partial charge in [0.15, 0.2) is 0 Å². The van der Waals surface area contributed by atoms with Crippen molar-refractivity contribution >= 4 is 27.5 Å². The molecular weight excluding hydrogens is 280 g/mol. The smallest absolute Gasteiger partial charge is 0.241 e. The number of likely N-dealkylation sites (tertiary alicyclic amines) is 1. The van der Waals surface area contributed by atoms with Gasteiger partial charge in [-0.05, 0) is 53.4 Å². The van der Waals surface area contributed by atoms with Crippen molar-refractivity contribution in [3.05, 3.63) is 28.2 Å². The summed E-state index contributed by atoms with van der Waals surface area (Å²) in [4.78, 5) is 13.8. The molecule has 1 heterocycles. The first kappa shape index (κ1) is 12.4. The summed E-state index contributed by atoms with van der Waals surface area (Å²) in [5.74, 6) is 0.190. The maximum Gasteiger partial charge on any atom is 0.241 e. The second-order valence-corrected chi connectivity index (χ2v) is 5.28. The first-order valence-corrected chi connectivity index (χ1v) is 6.74. The molecule has 1 amide bonds. The SMILES string of the molecule is Cc1ccc(NCC(=O)N2CCCC2)c(Br)c1. The molecule has 3 nitrogen and oxygen atoms in total. The molecule has 0 radical (unpaired) electrons. The first-order valence-electron chi connectivity index (χ1n) is 5.94. The summed E-state index contributed by atoms with van der Waals surface area (Å²) in [5.41, 5.74) is 2.18. The van der Waals surface area contributed by atoms with Gasteiger partial charge < -0.3 is 10.2 Å². The van der Waals surface area contributed by atoms with Gasteiger partial charge in [0.25, 0.3) is 0 Å². The second kappa shape index (κ2) is 5.54. The molecule has 0 atom stereocenters. The molecule has 1 saturated heterocycles. The van der Waals surface area contributed by atoms with Crippen LogP contribution < -0.4 is 5.32 Å². The predicted octanol–water partition coefficient (Wildman–Crippen LogP) is 2.79. The Morgan fingerprint density at radius 3 is 2.76 bits per heavy atom. The summed E-state index contributed by atoms with van der Waals surface area (Å²) >= 11 is 3.49. The van der Waals surface area contributed by atoms with Crippen LogP contribution >= 0.6 is 15.9 Å². The molecule has 2 rings (SSSR count). The average Bonchev–Trinajstić information content (AvgIpc) is 2.81. The maximum absolute atomic E-state index is 11.8. The van der Waals surface area contributed by atoms with Crippen LogP contribution in [-0.2, 0) is 4.79 Å². The number of carbonyl (C=O) groups is 1.